The number of anilines is 2. The van der Waals surface area contributed by atoms with Crippen LogP contribution >= 0.6 is 0 Å². The average Bonchev–Trinajstić information content (AvgIpc) is 2.78. The Balaban J connectivity index is 1.34. The van der Waals surface area contributed by atoms with Crippen molar-refractivity contribution in [2.75, 3.05) is 56.6 Å². The lowest BCUT2D eigenvalue weighted by Crippen LogP contribution is -2.48. The largest absolute Gasteiger partial charge is 0.481 e. The maximum absolute atomic E-state index is 12.9. The number of rotatable bonds is 6. The van der Waals surface area contributed by atoms with Crippen molar-refractivity contribution in [2.24, 2.45) is 0 Å². The number of pyridine rings is 2. The molecule has 11 heteroatoms. The molecule has 0 atom stereocenters. The molecule has 4 rings (SSSR count). The fourth-order valence-electron chi connectivity index (χ4n) is 3.50. The van der Waals surface area contributed by atoms with Gasteiger partial charge in [-0.2, -0.15) is 18.2 Å². The first-order valence-corrected chi connectivity index (χ1v) is 9.85. The van der Waals surface area contributed by atoms with Crippen LogP contribution in [0.2, 0.25) is 0 Å². The monoisotopic (exact) mass is 433 g/mol. The zero-order valence-electron chi connectivity index (χ0n) is 16.9. The summed E-state index contributed by atoms with van der Waals surface area (Å²) in [7, 11) is 1.56. The van der Waals surface area contributed by atoms with Gasteiger partial charge in [0.2, 0.25) is 11.8 Å². The Bertz CT molecular complexity index is 1040. The Labute approximate surface area is 177 Å². The first-order chi connectivity index (χ1) is 14.9. The van der Waals surface area contributed by atoms with Crippen LogP contribution in [0.15, 0.2) is 36.7 Å². The van der Waals surface area contributed by atoms with E-state index in [-0.39, 0.29) is 0 Å². The average molecular weight is 433 g/mol. The van der Waals surface area contributed by atoms with Crippen LogP contribution in [0.5, 0.6) is 5.88 Å². The molecule has 1 aliphatic heterocycles. The molecule has 3 aromatic heterocycles. The van der Waals surface area contributed by atoms with Crippen molar-refractivity contribution in [2.45, 2.75) is 6.18 Å². The minimum absolute atomic E-state index is 0.296. The molecule has 1 aliphatic rings. The van der Waals surface area contributed by atoms with E-state index in [2.05, 4.69) is 35.1 Å². The molecule has 0 unspecified atom stereocenters. The summed E-state index contributed by atoms with van der Waals surface area (Å²) < 4.78 is 43.9. The highest BCUT2D eigenvalue weighted by molar-refractivity contribution is 5.89. The second-order valence-corrected chi connectivity index (χ2v) is 7.07. The summed E-state index contributed by atoms with van der Waals surface area (Å²) in [6, 6.07) is 5.66. The van der Waals surface area contributed by atoms with E-state index in [4.69, 9.17) is 4.74 Å². The minimum Gasteiger partial charge on any atom is -0.481 e. The van der Waals surface area contributed by atoms with Crippen LogP contribution in [0.3, 0.4) is 0 Å². The van der Waals surface area contributed by atoms with Crippen LogP contribution in [0.25, 0.3) is 10.9 Å². The summed E-state index contributed by atoms with van der Waals surface area (Å²) in [5.41, 5.74) is -0.598. The standard InChI is InChI=1S/C20H22F3N7O/c1-31-17-5-7-25-19(28-17)26-8-9-29-10-12-30(13-11-29)18-14-2-3-16(20(21,22)23)27-15(14)4-6-24-18/h2-7H,8-13H2,1H3,(H,25,26,28). The number of hydrogen-bond donors (Lipinski definition) is 1. The van der Waals surface area contributed by atoms with E-state index < -0.39 is 11.9 Å². The molecule has 0 aromatic carbocycles. The van der Waals surface area contributed by atoms with Crippen molar-refractivity contribution in [3.05, 3.63) is 42.4 Å². The van der Waals surface area contributed by atoms with Gasteiger partial charge in [-0.3, -0.25) is 4.90 Å². The molecule has 164 valence electrons. The molecule has 3 aromatic rings. The topological polar surface area (TPSA) is 79.3 Å². The fourth-order valence-corrected chi connectivity index (χ4v) is 3.50. The predicted octanol–water partition coefficient (Wildman–Crippen LogP) is 2.68. The van der Waals surface area contributed by atoms with E-state index >= 15 is 0 Å². The highest BCUT2D eigenvalue weighted by atomic mass is 19.4. The van der Waals surface area contributed by atoms with Gasteiger partial charge < -0.3 is 15.0 Å². The normalized spacial score (nSPS) is 15.3. The lowest BCUT2D eigenvalue weighted by molar-refractivity contribution is -0.140. The number of nitrogens with zero attached hydrogens (tertiary/aromatic N) is 6. The van der Waals surface area contributed by atoms with Crippen molar-refractivity contribution in [1.29, 1.82) is 0 Å². The van der Waals surface area contributed by atoms with Gasteiger partial charge in [0, 0.05) is 63.1 Å². The Hall–Kier alpha value is -3.21. The smallest absolute Gasteiger partial charge is 0.433 e. The highest BCUT2D eigenvalue weighted by Crippen LogP contribution is 2.31. The molecule has 0 bridgehead atoms. The van der Waals surface area contributed by atoms with Gasteiger partial charge >= 0.3 is 6.18 Å². The van der Waals surface area contributed by atoms with Crippen LogP contribution in [-0.2, 0) is 6.18 Å². The number of halogens is 3. The lowest BCUT2D eigenvalue weighted by Gasteiger charge is -2.35. The van der Waals surface area contributed by atoms with Gasteiger partial charge in [0.25, 0.3) is 0 Å². The number of ether oxygens (including phenoxy) is 1. The molecule has 8 nitrogen and oxygen atoms in total. The minimum atomic E-state index is -4.47. The molecule has 31 heavy (non-hydrogen) atoms. The third-order valence-electron chi connectivity index (χ3n) is 5.11. The molecule has 1 saturated heterocycles. The third kappa shape index (κ3) is 4.93. The first-order valence-electron chi connectivity index (χ1n) is 9.85. The molecule has 1 fully saturated rings. The van der Waals surface area contributed by atoms with Crippen molar-refractivity contribution < 1.29 is 17.9 Å². The number of methoxy groups -OCH3 is 1. The molecule has 0 spiro atoms. The third-order valence-corrected chi connectivity index (χ3v) is 5.11. The summed E-state index contributed by atoms with van der Waals surface area (Å²) >= 11 is 0. The molecule has 4 heterocycles. The number of aromatic nitrogens is 4. The quantitative estimate of drug-likeness (QED) is 0.636. The number of hydrogen-bond acceptors (Lipinski definition) is 8. The molecule has 0 amide bonds. The van der Waals surface area contributed by atoms with Crippen LogP contribution in [0, 0.1) is 0 Å². The Morgan fingerprint density at radius 3 is 2.52 bits per heavy atom. The zero-order valence-corrected chi connectivity index (χ0v) is 16.9. The van der Waals surface area contributed by atoms with Crippen LogP contribution < -0.4 is 15.0 Å². The molecular formula is C20H22F3N7O. The Morgan fingerprint density at radius 2 is 1.77 bits per heavy atom. The lowest BCUT2D eigenvalue weighted by atomic mass is 10.2. The molecular weight excluding hydrogens is 411 g/mol. The summed E-state index contributed by atoms with van der Waals surface area (Å²) in [5, 5.41) is 3.81. The van der Waals surface area contributed by atoms with E-state index in [0.29, 0.717) is 35.1 Å². The zero-order chi connectivity index (χ0) is 21.8. The van der Waals surface area contributed by atoms with Crippen molar-refractivity contribution >= 4 is 22.7 Å². The maximum atomic E-state index is 12.9. The van der Waals surface area contributed by atoms with Crippen LogP contribution in [-0.4, -0.2) is 71.2 Å². The SMILES string of the molecule is COc1ccnc(NCCN2CCN(c3nccc4nc(C(F)(F)F)ccc34)CC2)n1. The number of nitrogens with one attached hydrogen (secondary N) is 1. The van der Waals surface area contributed by atoms with Gasteiger partial charge in [0.05, 0.1) is 12.6 Å². The highest BCUT2D eigenvalue weighted by Gasteiger charge is 2.32. The second-order valence-electron chi connectivity index (χ2n) is 7.07. The summed E-state index contributed by atoms with van der Waals surface area (Å²) in [4.78, 5) is 20.9. The van der Waals surface area contributed by atoms with Gasteiger partial charge in [0.15, 0.2) is 0 Å². The van der Waals surface area contributed by atoms with Crippen LogP contribution in [0.4, 0.5) is 24.9 Å². The number of piperazine rings is 1. The van der Waals surface area contributed by atoms with E-state index in [0.717, 1.165) is 38.8 Å². The van der Waals surface area contributed by atoms with E-state index in [1.165, 1.54) is 18.3 Å². The van der Waals surface area contributed by atoms with Gasteiger partial charge in [-0.15, -0.1) is 0 Å². The molecule has 0 saturated carbocycles. The van der Waals surface area contributed by atoms with Gasteiger partial charge in [-0.05, 0) is 18.2 Å². The van der Waals surface area contributed by atoms with Crippen molar-refractivity contribution in [3.63, 3.8) is 0 Å². The first kappa shape index (κ1) is 21.0. The number of fused-ring (bicyclic) bond motifs is 1. The van der Waals surface area contributed by atoms with Crippen LogP contribution in [0.1, 0.15) is 5.69 Å². The summed E-state index contributed by atoms with van der Waals surface area (Å²) in [6.45, 7) is 4.57. The van der Waals surface area contributed by atoms with E-state index in [1.807, 2.05) is 0 Å². The van der Waals surface area contributed by atoms with Gasteiger partial charge in [-0.1, -0.05) is 0 Å². The predicted molar refractivity (Wildman–Crippen MR) is 110 cm³/mol. The number of alkyl halides is 3. The van der Waals surface area contributed by atoms with E-state index in [9.17, 15) is 13.2 Å². The Morgan fingerprint density at radius 1 is 1.00 bits per heavy atom. The van der Waals surface area contributed by atoms with Crippen molar-refractivity contribution in [1.82, 2.24) is 24.8 Å². The summed E-state index contributed by atoms with van der Waals surface area (Å²) in [6.07, 6.45) is -1.32. The Kier molecular flexibility index (Phi) is 6.03. The van der Waals surface area contributed by atoms with Crippen molar-refractivity contribution in [3.8, 4) is 5.88 Å². The van der Waals surface area contributed by atoms with Gasteiger partial charge in [-0.25, -0.2) is 15.0 Å². The fraction of sp³-hybridized carbons (Fsp3) is 0.400. The second kappa shape index (κ2) is 8.88. The molecule has 0 aliphatic carbocycles. The van der Waals surface area contributed by atoms with E-state index in [1.54, 1.807) is 19.4 Å². The molecule has 1 N–H and O–H groups in total. The van der Waals surface area contributed by atoms with Gasteiger partial charge in [0.1, 0.15) is 11.5 Å². The molecule has 0 radical (unpaired) electrons. The summed E-state index contributed by atoms with van der Waals surface area (Å²) in [5.74, 6) is 1.69. The maximum Gasteiger partial charge on any atom is 0.433 e.